The molecule has 2 rings (SSSR count). The fourth-order valence-electron chi connectivity index (χ4n) is 2.16. The van der Waals surface area contributed by atoms with Gasteiger partial charge in [-0.1, -0.05) is 6.92 Å². The second-order valence-electron chi connectivity index (χ2n) is 4.62. The Hall–Kier alpha value is -0.330. The second-order valence-corrected chi connectivity index (χ2v) is 6.23. The zero-order valence-electron chi connectivity index (χ0n) is 10.6. The first kappa shape index (κ1) is 13.1. The molecular formula is C11H20N4S2. The molecule has 6 heteroatoms. The molecule has 1 aliphatic rings. The number of anilines is 1. The van der Waals surface area contributed by atoms with Crippen LogP contribution in [0.25, 0.3) is 0 Å². The van der Waals surface area contributed by atoms with Crippen LogP contribution in [0.4, 0.5) is 5.82 Å². The lowest BCUT2D eigenvalue weighted by Crippen LogP contribution is -2.54. The lowest BCUT2D eigenvalue weighted by molar-refractivity contribution is 0.404. The zero-order chi connectivity index (χ0) is 12.3. The summed E-state index contributed by atoms with van der Waals surface area (Å²) in [6, 6.07) is 1.04. The van der Waals surface area contributed by atoms with E-state index in [-0.39, 0.29) is 0 Å². The third kappa shape index (κ3) is 3.33. The molecule has 0 amide bonds. The van der Waals surface area contributed by atoms with Gasteiger partial charge in [-0.15, -0.1) is 11.8 Å². The molecule has 1 aromatic rings. The Morgan fingerprint density at radius 3 is 2.71 bits per heavy atom. The summed E-state index contributed by atoms with van der Waals surface area (Å²) in [5.74, 6) is 2.21. The Kier molecular flexibility index (Phi) is 4.64. The van der Waals surface area contributed by atoms with Crippen molar-refractivity contribution >= 4 is 29.3 Å². The average Bonchev–Trinajstić information content (AvgIpc) is 2.73. The smallest absolute Gasteiger partial charge is 0.176 e. The van der Waals surface area contributed by atoms with E-state index >= 15 is 0 Å². The van der Waals surface area contributed by atoms with E-state index in [2.05, 4.69) is 39.7 Å². The van der Waals surface area contributed by atoms with E-state index in [0.29, 0.717) is 12.1 Å². The van der Waals surface area contributed by atoms with E-state index in [1.165, 1.54) is 18.1 Å². The van der Waals surface area contributed by atoms with Gasteiger partial charge < -0.3 is 10.2 Å². The minimum absolute atomic E-state index is 0.518. The van der Waals surface area contributed by atoms with E-state index in [1.54, 1.807) is 0 Å². The van der Waals surface area contributed by atoms with Crippen LogP contribution in [0.3, 0.4) is 0 Å². The summed E-state index contributed by atoms with van der Waals surface area (Å²) >= 11 is 3.15. The molecule has 0 radical (unpaired) electrons. The number of hydrogen-bond donors (Lipinski definition) is 1. The molecule has 1 aliphatic heterocycles. The third-order valence-electron chi connectivity index (χ3n) is 2.74. The Morgan fingerprint density at radius 1 is 1.35 bits per heavy atom. The number of hydrogen-bond acceptors (Lipinski definition) is 6. The van der Waals surface area contributed by atoms with Crippen molar-refractivity contribution in [2.75, 3.05) is 23.7 Å². The van der Waals surface area contributed by atoms with Crippen LogP contribution in [0.1, 0.15) is 27.2 Å². The maximum Gasteiger partial charge on any atom is 0.176 e. The first-order chi connectivity index (χ1) is 8.20. The highest BCUT2D eigenvalue weighted by Crippen LogP contribution is 2.29. The molecule has 1 N–H and O–H groups in total. The van der Waals surface area contributed by atoms with Crippen LogP contribution in [0.2, 0.25) is 0 Å². The summed E-state index contributed by atoms with van der Waals surface area (Å²) < 4.78 is 8.88. The van der Waals surface area contributed by atoms with Gasteiger partial charge in [0.05, 0.1) is 11.7 Å². The number of rotatable bonds is 4. The highest BCUT2D eigenvalue weighted by Gasteiger charge is 2.25. The minimum atomic E-state index is 0.518. The summed E-state index contributed by atoms with van der Waals surface area (Å²) in [6.45, 7) is 8.69. The molecule has 96 valence electrons. The van der Waals surface area contributed by atoms with Gasteiger partial charge in [0.15, 0.2) is 10.8 Å². The van der Waals surface area contributed by atoms with Crippen molar-refractivity contribution in [1.29, 1.82) is 0 Å². The molecular weight excluding hydrogens is 252 g/mol. The molecule has 0 aromatic carbocycles. The minimum Gasteiger partial charge on any atom is -0.350 e. The van der Waals surface area contributed by atoms with Gasteiger partial charge in [-0.25, -0.2) is 0 Å². The Morgan fingerprint density at radius 2 is 2.06 bits per heavy atom. The fraction of sp³-hybridized carbons (Fsp3) is 0.818. The van der Waals surface area contributed by atoms with E-state index in [0.717, 1.165) is 29.7 Å². The summed E-state index contributed by atoms with van der Waals surface area (Å²) in [7, 11) is 0. The second kappa shape index (κ2) is 6.02. The molecule has 1 aromatic heterocycles. The third-order valence-corrected chi connectivity index (χ3v) is 4.54. The zero-order valence-corrected chi connectivity index (χ0v) is 12.3. The van der Waals surface area contributed by atoms with Crippen LogP contribution < -0.4 is 10.2 Å². The Balaban J connectivity index is 2.07. The fourth-order valence-corrected chi connectivity index (χ4v) is 3.70. The highest BCUT2D eigenvalue weighted by molar-refractivity contribution is 7.99. The van der Waals surface area contributed by atoms with E-state index < -0.39 is 0 Å². The summed E-state index contributed by atoms with van der Waals surface area (Å²) in [5, 5.41) is 4.65. The van der Waals surface area contributed by atoms with Crippen molar-refractivity contribution in [3.63, 3.8) is 0 Å². The quantitative estimate of drug-likeness (QED) is 0.851. The van der Waals surface area contributed by atoms with Crippen molar-refractivity contribution < 1.29 is 0 Å². The topological polar surface area (TPSA) is 41.1 Å². The molecule has 2 heterocycles. The monoisotopic (exact) mass is 272 g/mol. The van der Waals surface area contributed by atoms with Gasteiger partial charge in [-0.3, -0.25) is 0 Å². The van der Waals surface area contributed by atoms with Gasteiger partial charge in [0, 0.05) is 25.2 Å². The van der Waals surface area contributed by atoms with Crippen LogP contribution in [0.15, 0.2) is 5.03 Å². The molecule has 2 unspecified atom stereocenters. The predicted octanol–water partition coefficient (Wildman–Crippen LogP) is 2.23. The molecule has 4 nitrogen and oxygen atoms in total. The number of piperazine rings is 1. The molecule has 0 bridgehead atoms. The summed E-state index contributed by atoms with van der Waals surface area (Å²) in [6.07, 6.45) is 1.18. The first-order valence-corrected chi connectivity index (χ1v) is 7.88. The van der Waals surface area contributed by atoms with Crippen LogP contribution in [-0.2, 0) is 0 Å². The van der Waals surface area contributed by atoms with Gasteiger partial charge in [-0.05, 0) is 26.0 Å². The largest absolute Gasteiger partial charge is 0.350 e. The number of nitrogens with zero attached hydrogens (tertiary/aromatic N) is 3. The normalized spacial score (nSPS) is 25.2. The van der Waals surface area contributed by atoms with Gasteiger partial charge in [0.1, 0.15) is 0 Å². The highest BCUT2D eigenvalue weighted by atomic mass is 32.2. The van der Waals surface area contributed by atoms with Crippen LogP contribution in [0.5, 0.6) is 0 Å². The van der Waals surface area contributed by atoms with Crippen LogP contribution in [-0.4, -0.2) is 39.7 Å². The van der Waals surface area contributed by atoms with Gasteiger partial charge >= 0.3 is 0 Å². The van der Waals surface area contributed by atoms with E-state index in [9.17, 15) is 0 Å². The molecule has 1 saturated heterocycles. The summed E-state index contributed by atoms with van der Waals surface area (Å²) in [4.78, 5) is 2.37. The molecule has 0 spiro atoms. The van der Waals surface area contributed by atoms with Gasteiger partial charge in [-0.2, -0.15) is 8.75 Å². The van der Waals surface area contributed by atoms with Crippen LogP contribution in [0, 0.1) is 0 Å². The standard InChI is InChI=1S/C11H20N4S2/c1-4-5-16-11-10(13-17-14-11)15-6-8(2)12-9(3)7-15/h8-9,12H,4-7H2,1-3H3. The average molecular weight is 272 g/mol. The molecule has 1 fully saturated rings. The van der Waals surface area contributed by atoms with E-state index in [1.807, 2.05) is 11.8 Å². The molecule has 0 aliphatic carbocycles. The maximum atomic E-state index is 4.47. The van der Waals surface area contributed by atoms with Crippen molar-refractivity contribution in [3.8, 4) is 0 Å². The van der Waals surface area contributed by atoms with Crippen molar-refractivity contribution in [1.82, 2.24) is 14.1 Å². The number of aromatic nitrogens is 2. The molecule has 17 heavy (non-hydrogen) atoms. The SMILES string of the molecule is CCCSc1nsnc1N1CC(C)NC(C)C1. The first-order valence-electron chi connectivity index (χ1n) is 6.17. The van der Waals surface area contributed by atoms with Crippen LogP contribution >= 0.6 is 23.5 Å². The number of nitrogens with one attached hydrogen (secondary N) is 1. The predicted molar refractivity (Wildman–Crippen MR) is 75.2 cm³/mol. The van der Waals surface area contributed by atoms with Crippen molar-refractivity contribution in [2.24, 2.45) is 0 Å². The number of thioether (sulfide) groups is 1. The van der Waals surface area contributed by atoms with Gasteiger partial charge in [0.2, 0.25) is 0 Å². The maximum absolute atomic E-state index is 4.47. The van der Waals surface area contributed by atoms with Crippen molar-refractivity contribution in [2.45, 2.75) is 44.3 Å². The molecule has 0 saturated carbocycles. The molecule has 2 atom stereocenters. The Bertz CT molecular complexity index is 345. The van der Waals surface area contributed by atoms with E-state index in [4.69, 9.17) is 0 Å². The lowest BCUT2D eigenvalue weighted by Gasteiger charge is -2.36. The lowest BCUT2D eigenvalue weighted by atomic mass is 10.1. The van der Waals surface area contributed by atoms with Gasteiger partial charge in [0.25, 0.3) is 0 Å². The Labute approximate surface area is 112 Å². The van der Waals surface area contributed by atoms with Crippen molar-refractivity contribution in [3.05, 3.63) is 0 Å². The summed E-state index contributed by atoms with van der Waals surface area (Å²) in [5.41, 5.74) is 0.